The molecular weight excluding hydrogens is 266 g/mol. The average molecular weight is 296 g/mol. The summed E-state index contributed by atoms with van der Waals surface area (Å²) in [6, 6.07) is 0.346. The predicted octanol–water partition coefficient (Wildman–Crippen LogP) is -0.326. The topological polar surface area (TPSA) is 53.9 Å². The Labute approximate surface area is 128 Å². The van der Waals surface area contributed by atoms with Crippen LogP contribution in [-0.2, 0) is 9.59 Å². The summed E-state index contributed by atoms with van der Waals surface area (Å²) in [5.41, 5.74) is 0. The van der Waals surface area contributed by atoms with Crippen LogP contribution in [0.15, 0.2) is 0 Å². The normalized spacial score (nSPS) is 31.0. The SMILES string of the molecule is CC(=O)N1CC[NH+](CC(=O)N[C@H]2CCC[C@H](C)[C@H]2C)CC1. The lowest BCUT2D eigenvalue weighted by molar-refractivity contribution is -0.896. The summed E-state index contributed by atoms with van der Waals surface area (Å²) in [6.45, 7) is 10.0. The summed E-state index contributed by atoms with van der Waals surface area (Å²) in [5, 5.41) is 3.24. The largest absolute Gasteiger partial charge is 0.348 e. The fourth-order valence-corrected chi connectivity index (χ4v) is 3.59. The molecule has 0 aromatic carbocycles. The number of amides is 2. The van der Waals surface area contributed by atoms with Crippen LogP contribution in [0.5, 0.6) is 0 Å². The molecule has 2 rings (SSSR count). The number of piperazine rings is 1. The van der Waals surface area contributed by atoms with Gasteiger partial charge in [-0.05, 0) is 18.3 Å². The smallest absolute Gasteiger partial charge is 0.275 e. The Hall–Kier alpha value is -1.10. The molecule has 1 heterocycles. The third-order valence-electron chi connectivity index (χ3n) is 5.38. The van der Waals surface area contributed by atoms with Crippen molar-refractivity contribution < 1.29 is 14.5 Å². The summed E-state index contributed by atoms with van der Waals surface area (Å²) >= 11 is 0. The van der Waals surface area contributed by atoms with E-state index in [0.29, 0.717) is 24.4 Å². The zero-order valence-corrected chi connectivity index (χ0v) is 13.7. The van der Waals surface area contributed by atoms with E-state index < -0.39 is 0 Å². The van der Waals surface area contributed by atoms with E-state index in [9.17, 15) is 9.59 Å². The predicted molar refractivity (Wildman–Crippen MR) is 81.9 cm³/mol. The Morgan fingerprint density at radius 3 is 2.48 bits per heavy atom. The van der Waals surface area contributed by atoms with Gasteiger partial charge in [0.15, 0.2) is 6.54 Å². The summed E-state index contributed by atoms with van der Waals surface area (Å²) in [7, 11) is 0. The van der Waals surface area contributed by atoms with Crippen molar-refractivity contribution >= 4 is 11.8 Å². The van der Waals surface area contributed by atoms with Gasteiger partial charge in [-0.15, -0.1) is 0 Å². The number of hydrogen-bond donors (Lipinski definition) is 2. The first-order valence-corrected chi connectivity index (χ1v) is 8.36. The molecule has 1 saturated carbocycles. The van der Waals surface area contributed by atoms with Crippen molar-refractivity contribution in [3.05, 3.63) is 0 Å². The van der Waals surface area contributed by atoms with E-state index in [-0.39, 0.29) is 11.8 Å². The number of nitrogens with one attached hydrogen (secondary N) is 2. The number of rotatable bonds is 3. The van der Waals surface area contributed by atoms with E-state index in [0.717, 1.165) is 32.6 Å². The minimum Gasteiger partial charge on any atom is -0.348 e. The molecule has 0 aromatic rings. The fraction of sp³-hybridized carbons (Fsp3) is 0.875. The Morgan fingerprint density at radius 1 is 1.19 bits per heavy atom. The molecule has 5 heteroatoms. The highest BCUT2D eigenvalue weighted by molar-refractivity contribution is 5.77. The number of quaternary nitrogens is 1. The maximum atomic E-state index is 12.2. The maximum Gasteiger partial charge on any atom is 0.275 e. The van der Waals surface area contributed by atoms with E-state index in [2.05, 4.69) is 19.2 Å². The first-order valence-electron chi connectivity index (χ1n) is 8.36. The highest BCUT2D eigenvalue weighted by Crippen LogP contribution is 2.29. The molecule has 0 bridgehead atoms. The average Bonchev–Trinajstić information content (AvgIpc) is 2.44. The van der Waals surface area contributed by atoms with Crippen molar-refractivity contribution in [1.82, 2.24) is 10.2 Å². The first kappa shape index (κ1) is 16.3. The van der Waals surface area contributed by atoms with Crippen molar-refractivity contribution in [2.24, 2.45) is 11.8 Å². The molecule has 0 spiro atoms. The minimum absolute atomic E-state index is 0.142. The molecule has 21 heavy (non-hydrogen) atoms. The van der Waals surface area contributed by atoms with Gasteiger partial charge in [0.1, 0.15) is 0 Å². The Morgan fingerprint density at radius 2 is 1.86 bits per heavy atom. The molecule has 2 fully saturated rings. The molecule has 1 aliphatic heterocycles. The zero-order valence-electron chi connectivity index (χ0n) is 13.7. The lowest BCUT2D eigenvalue weighted by Gasteiger charge is -2.35. The van der Waals surface area contributed by atoms with Crippen LogP contribution in [0.1, 0.15) is 40.0 Å². The third kappa shape index (κ3) is 4.43. The molecule has 2 N–H and O–H groups in total. The molecule has 0 radical (unpaired) electrons. The monoisotopic (exact) mass is 296 g/mol. The number of carbonyl (C=O) groups is 2. The third-order valence-corrected chi connectivity index (χ3v) is 5.38. The highest BCUT2D eigenvalue weighted by atomic mass is 16.2. The van der Waals surface area contributed by atoms with Gasteiger partial charge in [0, 0.05) is 13.0 Å². The summed E-state index contributed by atoms with van der Waals surface area (Å²) < 4.78 is 0. The van der Waals surface area contributed by atoms with Crippen LogP contribution in [-0.4, -0.2) is 55.5 Å². The summed E-state index contributed by atoms with van der Waals surface area (Å²) in [5.74, 6) is 1.60. The maximum absolute atomic E-state index is 12.2. The zero-order chi connectivity index (χ0) is 15.4. The fourth-order valence-electron chi connectivity index (χ4n) is 3.59. The van der Waals surface area contributed by atoms with E-state index >= 15 is 0 Å². The van der Waals surface area contributed by atoms with Gasteiger partial charge in [-0.2, -0.15) is 0 Å². The van der Waals surface area contributed by atoms with Crippen LogP contribution in [0.3, 0.4) is 0 Å². The molecule has 3 atom stereocenters. The van der Waals surface area contributed by atoms with Crippen LogP contribution in [0.4, 0.5) is 0 Å². The molecule has 5 nitrogen and oxygen atoms in total. The van der Waals surface area contributed by atoms with Crippen LogP contribution >= 0.6 is 0 Å². The molecule has 2 amide bonds. The van der Waals surface area contributed by atoms with Gasteiger partial charge in [-0.25, -0.2) is 0 Å². The molecule has 120 valence electrons. The van der Waals surface area contributed by atoms with Crippen LogP contribution in [0.25, 0.3) is 0 Å². The molecule has 0 unspecified atom stereocenters. The minimum atomic E-state index is 0.142. The first-order chi connectivity index (χ1) is 9.97. The lowest BCUT2D eigenvalue weighted by Crippen LogP contribution is -3.15. The van der Waals surface area contributed by atoms with E-state index in [1.165, 1.54) is 17.7 Å². The van der Waals surface area contributed by atoms with Crippen molar-refractivity contribution in [2.75, 3.05) is 32.7 Å². The number of carbonyl (C=O) groups excluding carboxylic acids is 2. The van der Waals surface area contributed by atoms with Gasteiger partial charge in [0.05, 0.1) is 26.2 Å². The van der Waals surface area contributed by atoms with Crippen molar-refractivity contribution in [3.8, 4) is 0 Å². The van der Waals surface area contributed by atoms with E-state index in [4.69, 9.17) is 0 Å². The molecule has 1 saturated heterocycles. The number of hydrogen-bond acceptors (Lipinski definition) is 2. The van der Waals surface area contributed by atoms with Gasteiger partial charge in [-0.3, -0.25) is 9.59 Å². The Kier molecular flexibility index (Phi) is 5.62. The van der Waals surface area contributed by atoms with Crippen LogP contribution in [0.2, 0.25) is 0 Å². The Balaban J connectivity index is 1.74. The Bertz CT molecular complexity index is 378. The van der Waals surface area contributed by atoms with Gasteiger partial charge in [0.25, 0.3) is 5.91 Å². The van der Waals surface area contributed by atoms with Gasteiger partial charge >= 0.3 is 0 Å². The standard InChI is InChI=1S/C16H29N3O2/c1-12-5-4-6-15(13(12)2)17-16(21)11-18-7-9-19(10-8-18)14(3)20/h12-13,15H,4-11H2,1-3H3,(H,17,21)/p+1/t12-,13+,15-/m0/s1. The molecule has 0 aromatic heterocycles. The molecule has 2 aliphatic rings. The molecular formula is C16H30N3O2+. The van der Waals surface area contributed by atoms with Gasteiger partial charge < -0.3 is 15.1 Å². The second-order valence-electron chi connectivity index (χ2n) is 6.87. The lowest BCUT2D eigenvalue weighted by atomic mass is 9.78. The molecule has 1 aliphatic carbocycles. The van der Waals surface area contributed by atoms with E-state index in [1.54, 1.807) is 6.92 Å². The second kappa shape index (κ2) is 7.25. The van der Waals surface area contributed by atoms with Crippen LogP contribution < -0.4 is 10.2 Å². The highest BCUT2D eigenvalue weighted by Gasteiger charge is 2.29. The quantitative estimate of drug-likeness (QED) is 0.750. The van der Waals surface area contributed by atoms with Gasteiger partial charge in [-0.1, -0.05) is 26.7 Å². The van der Waals surface area contributed by atoms with Crippen molar-refractivity contribution in [1.29, 1.82) is 0 Å². The van der Waals surface area contributed by atoms with Crippen molar-refractivity contribution in [3.63, 3.8) is 0 Å². The number of nitrogens with zero attached hydrogens (tertiary/aromatic N) is 1. The summed E-state index contributed by atoms with van der Waals surface area (Å²) in [4.78, 5) is 26.7. The second-order valence-corrected chi connectivity index (χ2v) is 6.87. The van der Waals surface area contributed by atoms with Crippen molar-refractivity contribution in [2.45, 2.75) is 46.1 Å². The summed E-state index contributed by atoms with van der Waals surface area (Å²) in [6.07, 6.45) is 3.62. The van der Waals surface area contributed by atoms with Gasteiger partial charge in [0.2, 0.25) is 5.91 Å². The van der Waals surface area contributed by atoms with E-state index in [1.807, 2.05) is 4.90 Å². The van der Waals surface area contributed by atoms with Crippen LogP contribution in [0, 0.1) is 11.8 Å².